The molecule has 0 unspecified atom stereocenters. The van der Waals surface area contributed by atoms with Crippen molar-refractivity contribution in [1.29, 1.82) is 0 Å². The number of amides is 2. The molecule has 0 saturated heterocycles. The lowest BCUT2D eigenvalue weighted by Crippen LogP contribution is -2.35. The third-order valence-electron chi connectivity index (χ3n) is 5.79. The standard InChI is InChI=1S/C29H30N2O3/c1-5-16-34-25-14-12-22(13-15-25)26-27(30(6-2)23-10-8-7-9-11-23)29(33)31(28(26)32)24-18-20(3)17-21(4)19-24/h7-15,17-19H,5-6,16H2,1-4H3. The van der Waals surface area contributed by atoms with Crippen LogP contribution in [0.15, 0.2) is 78.5 Å². The van der Waals surface area contributed by atoms with Gasteiger partial charge < -0.3 is 9.64 Å². The smallest absolute Gasteiger partial charge is 0.282 e. The first kappa shape index (κ1) is 23.3. The molecule has 1 heterocycles. The van der Waals surface area contributed by atoms with Gasteiger partial charge in [-0.15, -0.1) is 0 Å². The second kappa shape index (κ2) is 9.96. The topological polar surface area (TPSA) is 49.9 Å². The number of hydrogen-bond donors (Lipinski definition) is 0. The predicted octanol–water partition coefficient (Wildman–Crippen LogP) is 5.90. The number of nitrogens with zero attached hydrogens (tertiary/aromatic N) is 2. The van der Waals surface area contributed by atoms with Gasteiger partial charge >= 0.3 is 0 Å². The summed E-state index contributed by atoms with van der Waals surface area (Å²) in [5.41, 5.74) is 4.93. The van der Waals surface area contributed by atoms with Crippen LogP contribution in [0.3, 0.4) is 0 Å². The van der Waals surface area contributed by atoms with Crippen LogP contribution in [0.1, 0.15) is 37.0 Å². The van der Waals surface area contributed by atoms with Crippen LogP contribution in [0, 0.1) is 13.8 Å². The van der Waals surface area contributed by atoms with E-state index in [1.807, 2.05) is 98.5 Å². The largest absolute Gasteiger partial charge is 0.494 e. The minimum atomic E-state index is -0.318. The summed E-state index contributed by atoms with van der Waals surface area (Å²) in [6, 6.07) is 22.9. The molecule has 1 aliphatic heterocycles. The van der Waals surface area contributed by atoms with Crippen LogP contribution in [-0.2, 0) is 9.59 Å². The third-order valence-corrected chi connectivity index (χ3v) is 5.79. The molecule has 0 aromatic heterocycles. The summed E-state index contributed by atoms with van der Waals surface area (Å²) in [5.74, 6) is 0.106. The lowest BCUT2D eigenvalue weighted by atomic mass is 10.0. The molecule has 0 bridgehead atoms. The number of rotatable bonds is 8. The molecule has 5 heteroatoms. The van der Waals surface area contributed by atoms with Crippen molar-refractivity contribution in [2.75, 3.05) is 23.0 Å². The van der Waals surface area contributed by atoms with Crippen LogP contribution in [0.2, 0.25) is 0 Å². The normalized spacial score (nSPS) is 13.6. The average Bonchev–Trinajstić information content (AvgIpc) is 3.08. The SMILES string of the molecule is CCCOc1ccc(C2=C(N(CC)c3ccccc3)C(=O)N(c3cc(C)cc(C)c3)C2=O)cc1. The molecule has 0 spiro atoms. The Kier molecular flexibility index (Phi) is 6.82. The summed E-state index contributed by atoms with van der Waals surface area (Å²) in [6.07, 6.45) is 0.914. The van der Waals surface area contributed by atoms with Crippen molar-refractivity contribution in [1.82, 2.24) is 0 Å². The maximum atomic E-state index is 13.9. The van der Waals surface area contributed by atoms with E-state index >= 15 is 0 Å². The maximum absolute atomic E-state index is 13.9. The van der Waals surface area contributed by atoms with Gasteiger partial charge in [0.1, 0.15) is 11.4 Å². The van der Waals surface area contributed by atoms with Crippen LogP contribution in [-0.4, -0.2) is 25.0 Å². The summed E-state index contributed by atoms with van der Waals surface area (Å²) in [4.78, 5) is 31.0. The lowest BCUT2D eigenvalue weighted by molar-refractivity contribution is -0.120. The van der Waals surface area contributed by atoms with E-state index in [0.29, 0.717) is 35.7 Å². The Morgan fingerprint density at radius 2 is 1.47 bits per heavy atom. The van der Waals surface area contributed by atoms with Gasteiger partial charge in [0.15, 0.2) is 0 Å². The average molecular weight is 455 g/mol. The lowest BCUT2D eigenvalue weighted by Gasteiger charge is -2.25. The van der Waals surface area contributed by atoms with E-state index in [1.165, 1.54) is 4.90 Å². The summed E-state index contributed by atoms with van der Waals surface area (Å²) in [6.45, 7) is 9.14. The van der Waals surface area contributed by atoms with Gasteiger partial charge in [0, 0.05) is 12.2 Å². The van der Waals surface area contributed by atoms with Crippen LogP contribution in [0.4, 0.5) is 11.4 Å². The quantitative estimate of drug-likeness (QED) is 0.398. The molecule has 0 saturated carbocycles. The van der Waals surface area contributed by atoms with Gasteiger partial charge in [-0.2, -0.15) is 0 Å². The molecule has 0 fully saturated rings. The second-order valence-electron chi connectivity index (χ2n) is 8.47. The highest BCUT2D eigenvalue weighted by Gasteiger charge is 2.42. The summed E-state index contributed by atoms with van der Waals surface area (Å²) >= 11 is 0. The van der Waals surface area contributed by atoms with E-state index in [9.17, 15) is 9.59 Å². The van der Waals surface area contributed by atoms with Crippen molar-refractivity contribution in [3.05, 3.63) is 95.2 Å². The fourth-order valence-corrected chi connectivity index (χ4v) is 4.36. The van der Waals surface area contributed by atoms with Gasteiger partial charge in [0.05, 0.1) is 17.9 Å². The molecular formula is C29H30N2O3. The number of hydrogen-bond acceptors (Lipinski definition) is 4. The molecule has 174 valence electrons. The minimum absolute atomic E-state index is 0.318. The molecule has 0 atom stereocenters. The van der Waals surface area contributed by atoms with Gasteiger partial charge in [-0.05, 0) is 80.3 Å². The number of ether oxygens (including phenoxy) is 1. The van der Waals surface area contributed by atoms with Crippen LogP contribution in [0.5, 0.6) is 5.75 Å². The van der Waals surface area contributed by atoms with Crippen molar-refractivity contribution in [2.24, 2.45) is 0 Å². The number of aryl methyl sites for hydroxylation is 2. The first-order valence-electron chi connectivity index (χ1n) is 11.7. The van der Waals surface area contributed by atoms with Gasteiger partial charge in [-0.3, -0.25) is 9.59 Å². The van der Waals surface area contributed by atoms with Crippen LogP contribution in [0.25, 0.3) is 5.57 Å². The molecule has 0 radical (unpaired) electrons. The van der Waals surface area contributed by atoms with Gasteiger partial charge in [-0.25, -0.2) is 4.90 Å². The third kappa shape index (κ3) is 4.46. The highest BCUT2D eigenvalue weighted by Crippen LogP contribution is 2.37. The molecule has 0 aliphatic carbocycles. The summed E-state index contributed by atoms with van der Waals surface area (Å²) in [5, 5.41) is 0. The number of anilines is 2. The highest BCUT2D eigenvalue weighted by molar-refractivity contribution is 6.46. The van der Waals surface area contributed by atoms with Crippen molar-refractivity contribution >= 4 is 28.8 Å². The molecule has 3 aromatic rings. The van der Waals surface area contributed by atoms with Crippen LogP contribution >= 0.6 is 0 Å². The number of benzene rings is 3. The number of carbonyl (C=O) groups is 2. The van der Waals surface area contributed by atoms with Crippen molar-refractivity contribution in [3.63, 3.8) is 0 Å². The molecule has 1 aliphatic rings. The fraction of sp³-hybridized carbons (Fsp3) is 0.241. The molecule has 0 N–H and O–H groups in total. The zero-order valence-electron chi connectivity index (χ0n) is 20.2. The van der Waals surface area contributed by atoms with E-state index in [0.717, 1.165) is 29.0 Å². The Labute approximate surface area is 201 Å². The zero-order valence-corrected chi connectivity index (χ0v) is 20.2. The second-order valence-corrected chi connectivity index (χ2v) is 8.47. The molecule has 34 heavy (non-hydrogen) atoms. The number of carbonyl (C=O) groups excluding carboxylic acids is 2. The van der Waals surface area contributed by atoms with Gasteiger partial charge in [-0.1, -0.05) is 43.3 Å². The Balaban J connectivity index is 1.85. The van der Waals surface area contributed by atoms with E-state index < -0.39 is 0 Å². The van der Waals surface area contributed by atoms with Crippen molar-refractivity contribution in [2.45, 2.75) is 34.1 Å². The van der Waals surface area contributed by atoms with Crippen LogP contribution < -0.4 is 14.5 Å². The molecule has 4 rings (SSSR count). The zero-order chi connectivity index (χ0) is 24.2. The van der Waals surface area contributed by atoms with Gasteiger partial charge in [0.2, 0.25) is 0 Å². The maximum Gasteiger partial charge on any atom is 0.282 e. The Bertz CT molecular complexity index is 1210. The van der Waals surface area contributed by atoms with Crippen molar-refractivity contribution < 1.29 is 14.3 Å². The van der Waals surface area contributed by atoms with E-state index in [4.69, 9.17) is 4.74 Å². The molecule has 3 aromatic carbocycles. The van der Waals surface area contributed by atoms with E-state index in [1.54, 1.807) is 0 Å². The van der Waals surface area contributed by atoms with E-state index in [-0.39, 0.29) is 11.8 Å². The highest BCUT2D eigenvalue weighted by atomic mass is 16.5. The Morgan fingerprint density at radius 3 is 2.06 bits per heavy atom. The Hall–Kier alpha value is -3.86. The predicted molar refractivity (Wildman–Crippen MR) is 137 cm³/mol. The molecule has 2 amide bonds. The fourth-order valence-electron chi connectivity index (χ4n) is 4.36. The van der Waals surface area contributed by atoms with Gasteiger partial charge in [0.25, 0.3) is 11.8 Å². The summed E-state index contributed by atoms with van der Waals surface area (Å²) < 4.78 is 5.71. The molecular weight excluding hydrogens is 424 g/mol. The number of imide groups is 1. The Morgan fingerprint density at radius 1 is 0.824 bits per heavy atom. The summed E-state index contributed by atoms with van der Waals surface area (Å²) in [7, 11) is 0. The first-order chi connectivity index (χ1) is 16.4. The van der Waals surface area contributed by atoms with Crippen molar-refractivity contribution in [3.8, 4) is 5.75 Å². The monoisotopic (exact) mass is 454 g/mol. The molecule has 5 nitrogen and oxygen atoms in total. The first-order valence-corrected chi connectivity index (χ1v) is 11.7. The minimum Gasteiger partial charge on any atom is -0.494 e. The van der Waals surface area contributed by atoms with E-state index in [2.05, 4.69) is 6.92 Å². The number of para-hydroxylation sites is 1. The number of likely N-dealkylation sites (N-methyl/N-ethyl adjacent to an activating group) is 1.